The monoisotopic (exact) mass is 194 g/mol. The maximum atomic E-state index is 8.77. The number of aromatic nitrogens is 1. The van der Waals surface area contributed by atoms with Gasteiger partial charge in [0.1, 0.15) is 5.82 Å². The molecular weight excluding hydrogens is 176 g/mol. The third-order valence-corrected chi connectivity index (χ3v) is 2.17. The van der Waals surface area contributed by atoms with Crippen LogP contribution in [-0.2, 0) is 0 Å². The minimum atomic E-state index is 0.238. The molecule has 1 rings (SSSR count). The molecule has 0 bridgehead atoms. The smallest absolute Gasteiger partial charge is 0.128 e. The summed E-state index contributed by atoms with van der Waals surface area (Å²) in [6.07, 6.45) is 0.795. The van der Waals surface area contributed by atoms with Crippen LogP contribution in [0.3, 0.4) is 0 Å². The minimum Gasteiger partial charge on any atom is -0.396 e. The predicted molar refractivity (Wildman–Crippen MR) is 58.6 cm³/mol. The van der Waals surface area contributed by atoms with E-state index in [0.29, 0.717) is 0 Å². The highest BCUT2D eigenvalue weighted by atomic mass is 16.3. The molecule has 3 heteroatoms. The zero-order valence-corrected chi connectivity index (χ0v) is 8.90. The molecule has 0 aliphatic carbocycles. The Morgan fingerprint density at radius 2 is 2.21 bits per heavy atom. The van der Waals surface area contributed by atoms with Gasteiger partial charge < -0.3 is 10.0 Å². The Morgan fingerprint density at radius 3 is 2.79 bits per heavy atom. The van der Waals surface area contributed by atoms with Crippen LogP contribution >= 0.6 is 0 Å². The Balaban J connectivity index is 2.68. The largest absolute Gasteiger partial charge is 0.396 e. The first-order chi connectivity index (χ1) is 6.77. The van der Waals surface area contributed by atoms with Crippen molar-refractivity contribution in [1.29, 1.82) is 0 Å². The molecule has 0 unspecified atom stereocenters. The van der Waals surface area contributed by atoms with Gasteiger partial charge in [-0.3, -0.25) is 0 Å². The van der Waals surface area contributed by atoms with Crippen LogP contribution in [0.4, 0.5) is 5.82 Å². The van der Waals surface area contributed by atoms with Crippen LogP contribution in [0.25, 0.3) is 0 Å². The van der Waals surface area contributed by atoms with Gasteiger partial charge in [-0.15, -0.1) is 0 Å². The van der Waals surface area contributed by atoms with Crippen LogP contribution in [0.2, 0.25) is 0 Å². The number of rotatable bonds is 5. The second-order valence-corrected chi connectivity index (χ2v) is 3.29. The molecule has 3 nitrogen and oxygen atoms in total. The van der Waals surface area contributed by atoms with Crippen LogP contribution in [0.5, 0.6) is 0 Å². The Labute approximate surface area is 85.4 Å². The van der Waals surface area contributed by atoms with Gasteiger partial charge in [0.25, 0.3) is 0 Å². The molecule has 1 aromatic rings. The molecule has 0 atom stereocenters. The van der Waals surface area contributed by atoms with E-state index in [1.807, 2.05) is 25.1 Å². The summed E-state index contributed by atoms with van der Waals surface area (Å²) in [5.74, 6) is 1.00. The second kappa shape index (κ2) is 5.60. The van der Waals surface area contributed by atoms with Gasteiger partial charge >= 0.3 is 0 Å². The third kappa shape index (κ3) is 3.00. The lowest BCUT2D eigenvalue weighted by atomic mass is 10.3. The van der Waals surface area contributed by atoms with Crippen molar-refractivity contribution in [2.24, 2.45) is 0 Å². The van der Waals surface area contributed by atoms with Gasteiger partial charge in [-0.1, -0.05) is 6.07 Å². The molecule has 0 radical (unpaired) electrons. The summed E-state index contributed by atoms with van der Waals surface area (Å²) in [4.78, 5) is 6.61. The first-order valence-electron chi connectivity index (χ1n) is 5.07. The molecular formula is C11H18N2O. The lowest BCUT2D eigenvalue weighted by Crippen LogP contribution is -2.25. The molecule has 1 heterocycles. The van der Waals surface area contributed by atoms with Gasteiger partial charge in [0.15, 0.2) is 0 Å². The molecule has 0 saturated carbocycles. The fourth-order valence-electron chi connectivity index (χ4n) is 1.40. The van der Waals surface area contributed by atoms with Crippen molar-refractivity contribution in [2.45, 2.75) is 20.3 Å². The van der Waals surface area contributed by atoms with Crippen molar-refractivity contribution >= 4 is 5.82 Å². The Hall–Kier alpha value is -1.09. The average Bonchev–Trinajstić information content (AvgIpc) is 2.19. The SMILES string of the molecule is CCN(CCCO)c1cccc(C)n1. The summed E-state index contributed by atoms with van der Waals surface area (Å²) in [7, 11) is 0. The summed E-state index contributed by atoms with van der Waals surface area (Å²) < 4.78 is 0. The van der Waals surface area contributed by atoms with Crippen molar-refractivity contribution in [3.8, 4) is 0 Å². The number of hydrogen-bond acceptors (Lipinski definition) is 3. The first kappa shape index (κ1) is 11.0. The summed E-state index contributed by atoms with van der Waals surface area (Å²) in [5, 5.41) is 8.77. The van der Waals surface area contributed by atoms with Crippen LogP contribution in [0, 0.1) is 6.92 Å². The standard InChI is InChI=1S/C11H18N2O/c1-3-13(8-5-9-14)11-7-4-6-10(2)12-11/h4,6-7,14H,3,5,8-9H2,1-2H3. The zero-order valence-electron chi connectivity index (χ0n) is 8.90. The number of aliphatic hydroxyl groups is 1. The Morgan fingerprint density at radius 1 is 1.43 bits per heavy atom. The number of anilines is 1. The van der Waals surface area contributed by atoms with E-state index in [9.17, 15) is 0 Å². The van der Waals surface area contributed by atoms with Crippen LogP contribution < -0.4 is 4.90 Å². The summed E-state index contributed by atoms with van der Waals surface area (Å²) in [6.45, 7) is 6.12. The normalized spacial score (nSPS) is 10.2. The fraction of sp³-hybridized carbons (Fsp3) is 0.545. The molecule has 0 amide bonds. The van der Waals surface area contributed by atoms with E-state index in [0.717, 1.165) is 31.0 Å². The Bertz CT molecular complexity index is 276. The van der Waals surface area contributed by atoms with Crippen molar-refractivity contribution in [1.82, 2.24) is 4.98 Å². The van der Waals surface area contributed by atoms with Crippen LogP contribution in [-0.4, -0.2) is 29.8 Å². The first-order valence-corrected chi connectivity index (χ1v) is 5.07. The van der Waals surface area contributed by atoms with Crippen molar-refractivity contribution in [2.75, 3.05) is 24.6 Å². The Kier molecular flexibility index (Phi) is 4.40. The van der Waals surface area contributed by atoms with Gasteiger partial charge in [0, 0.05) is 25.4 Å². The maximum Gasteiger partial charge on any atom is 0.128 e. The lowest BCUT2D eigenvalue weighted by Gasteiger charge is -2.21. The topological polar surface area (TPSA) is 36.4 Å². The molecule has 14 heavy (non-hydrogen) atoms. The fourth-order valence-corrected chi connectivity index (χ4v) is 1.40. The summed E-state index contributed by atoms with van der Waals surface area (Å²) >= 11 is 0. The average molecular weight is 194 g/mol. The quantitative estimate of drug-likeness (QED) is 0.773. The van der Waals surface area contributed by atoms with E-state index < -0.39 is 0 Å². The molecule has 1 N–H and O–H groups in total. The van der Waals surface area contributed by atoms with E-state index in [1.165, 1.54) is 0 Å². The van der Waals surface area contributed by atoms with Crippen LogP contribution in [0.15, 0.2) is 18.2 Å². The number of pyridine rings is 1. The molecule has 78 valence electrons. The molecule has 0 saturated heterocycles. The molecule has 0 fully saturated rings. The van der Waals surface area contributed by atoms with E-state index in [1.54, 1.807) is 0 Å². The second-order valence-electron chi connectivity index (χ2n) is 3.29. The van der Waals surface area contributed by atoms with Gasteiger partial charge in [0.05, 0.1) is 0 Å². The van der Waals surface area contributed by atoms with E-state index in [2.05, 4.69) is 16.8 Å². The zero-order chi connectivity index (χ0) is 10.4. The van der Waals surface area contributed by atoms with Gasteiger partial charge in [-0.05, 0) is 32.4 Å². The molecule has 1 aromatic heterocycles. The highest BCUT2D eigenvalue weighted by molar-refractivity contribution is 5.38. The van der Waals surface area contributed by atoms with Crippen molar-refractivity contribution < 1.29 is 5.11 Å². The highest BCUT2D eigenvalue weighted by Crippen LogP contribution is 2.10. The van der Waals surface area contributed by atoms with Crippen molar-refractivity contribution in [3.05, 3.63) is 23.9 Å². The summed E-state index contributed by atoms with van der Waals surface area (Å²) in [6, 6.07) is 6.01. The number of nitrogens with zero attached hydrogens (tertiary/aromatic N) is 2. The molecule has 0 aliphatic heterocycles. The summed E-state index contributed by atoms with van der Waals surface area (Å²) in [5.41, 5.74) is 1.03. The van der Waals surface area contributed by atoms with Gasteiger partial charge in [-0.2, -0.15) is 0 Å². The van der Waals surface area contributed by atoms with E-state index >= 15 is 0 Å². The van der Waals surface area contributed by atoms with E-state index in [-0.39, 0.29) is 6.61 Å². The minimum absolute atomic E-state index is 0.238. The molecule has 0 aliphatic rings. The van der Waals surface area contributed by atoms with Gasteiger partial charge in [0.2, 0.25) is 0 Å². The molecule has 0 spiro atoms. The predicted octanol–water partition coefficient (Wildman–Crippen LogP) is 1.60. The third-order valence-electron chi connectivity index (χ3n) is 2.17. The number of aryl methyl sites for hydroxylation is 1. The highest BCUT2D eigenvalue weighted by Gasteiger charge is 2.04. The van der Waals surface area contributed by atoms with Crippen molar-refractivity contribution in [3.63, 3.8) is 0 Å². The van der Waals surface area contributed by atoms with Gasteiger partial charge in [-0.25, -0.2) is 4.98 Å². The maximum absolute atomic E-state index is 8.77. The van der Waals surface area contributed by atoms with Crippen LogP contribution in [0.1, 0.15) is 19.0 Å². The molecule has 0 aromatic carbocycles. The van der Waals surface area contributed by atoms with E-state index in [4.69, 9.17) is 5.11 Å². The number of hydrogen-bond donors (Lipinski definition) is 1. The lowest BCUT2D eigenvalue weighted by molar-refractivity contribution is 0.289. The number of aliphatic hydroxyl groups excluding tert-OH is 1.